The van der Waals surface area contributed by atoms with Crippen molar-refractivity contribution in [3.05, 3.63) is 39.0 Å². The van der Waals surface area contributed by atoms with Crippen molar-refractivity contribution in [1.29, 1.82) is 0 Å². The van der Waals surface area contributed by atoms with Crippen molar-refractivity contribution in [2.45, 2.75) is 6.92 Å². The highest BCUT2D eigenvalue weighted by atomic mass is 35.5. The third-order valence-electron chi connectivity index (χ3n) is 3.22. The first-order valence-electron chi connectivity index (χ1n) is 7.11. The van der Waals surface area contributed by atoms with Gasteiger partial charge in [0.25, 0.3) is 5.91 Å². The number of Topliss-reactive ketones (excluding diaryl/α,β-unsaturated/α-hetero) is 1. The summed E-state index contributed by atoms with van der Waals surface area (Å²) in [4.78, 5) is 35.8. The van der Waals surface area contributed by atoms with Crippen LogP contribution in [0.5, 0.6) is 11.5 Å². The average Bonchev–Trinajstić information content (AvgIpc) is 3.22. The number of ketones is 1. The number of anilines is 1. The Labute approximate surface area is 151 Å². The molecule has 0 atom stereocenters. The lowest BCUT2D eigenvalue weighted by molar-refractivity contribution is -0.119. The molecule has 0 saturated heterocycles. The molecule has 7 nitrogen and oxygen atoms in total. The lowest BCUT2D eigenvalue weighted by Gasteiger charge is -2.08. The predicted molar refractivity (Wildman–Crippen MR) is 90.8 cm³/mol. The monoisotopic (exact) mass is 381 g/mol. The maximum atomic E-state index is 11.9. The number of rotatable bonds is 5. The summed E-state index contributed by atoms with van der Waals surface area (Å²) in [5, 5.41) is 2.81. The van der Waals surface area contributed by atoms with Crippen LogP contribution in [0, 0.1) is 0 Å². The van der Waals surface area contributed by atoms with Crippen molar-refractivity contribution in [1.82, 2.24) is 0 Å². The number of carbonyl (C=O) groups is 3. The molecule has 3 rings (SSSR count). The van der Waals surface area contributed by atoms with Gasteiger partial charge in [0, 0.05) is 12.1 Å². The van der Waals surface area contributed by atoms with Crippen LogP contribution in [-0.2, 0) is 9.53 Å². The zero-order chi connectivity index (χ0) is 18.0. The number of amides is 1. The maximum Gasteiger partial charge on any atom is 0.348 e. The summed E-state index contributed by atoms with van der Waals surface area (Å²) >= 11 is 7.07. The molecule has 0 fully saturated rings. The van der Waals surface area contributed by atoms with Crippen molar-refractivity contribution < 1.29 is 28.6 Å². The molecule has 1 aromatic heterocycles. The van der Waals surface area contributed by atoms with Gasteiger partial charge in [-0.15, -0.1) is 11.3 Å². The maximum absolute atomic E-state index is 11.9. The van der Waals surface area contributed by atoms with Crippen LogP contribution in [-0.4, -0.2) is 31.1 Å². The van der Waals surface area contributed by atoms with Gasteiger partial charge in [-0.1, -0.05) is 11.6 Å². The van der Waals surface area contributed by atoms with Gasteiger partial charge in [0.2, 0.25) is 6.79 Å². The number of esters is 1. The molecule has 25 heavy (non-hydrogen) atoms. The molecule has 0 aliphatic carbocycles. The lowest BCUT2D eigenvalue weighted by Crippen LogP contribution is -2.20. The Balaban J connectivity index is 1.57. The number of nitrogens with one attached hydrogen (secondary N) is 1. The van der Waals surface area contributed by atoms with Gasteiger partial charge >= 0.3 is 5.97 Å². The summed E-state index contributed by atoms with van der Waals surface area (Å²) in [7, 11) is 0. The molecule has 1 aromatic carbocycles. The van der Waals surface area contributed by atoms with Gasteiger partial charge in [0.1, 0.15) is 4.88 Å². The first-order valence-corrected chi connectivity index (χ1v) is 8.30. The summed E-state index contributed by atoms with van der Waals surface area (Å²) in [5.74, 6) is -0.415. The summed E-state index contributed by atoms with van der Waals surface area (Å²) in [5.41, 5.74) is 0.321. The molecule has 1 aliphatic heterocycles. The second kappa shape index (κ2) is 7.12. The molecule has 0 saturated carbocycles. The highest BCUT2D eigenvalue weighted by Gasteiger charge is 2.19. The molecule has 130 valence electrons. The van der Waals surface area contributed by atoms with Crippen LogP contribution in [0.15, 0.2) is 24.3 Å². The Kier molecular flexibility index (Phi) is 4.91. The van der Waals surface area contributed by atoms with Gasteiger partial charge in [-0.3, -0.25) is 9.59 Å². The van der Waals surface area contributed by atoms with E-state index in [0.717, 1.165) is 11.3 Å². The number of ether oxygens (including phenoxy) is 3. The van der Waals surface area contributed by atoms with E-state index >= 15 is 0 Å². The summed E-state index contributed by atoms with van der Waals surface area (Å²) < 4.78 is 15.3. The van der Waals surface area contributed by atoms with Gasteiger partial charge < -0.3 is 19.5 Å². The first kappa shape index (κ1) is 17.2. The zero-order valence-electron chi connectivity index (χ0n) is 13.0. The van der Waals surface area contributed by atoms with E-state index in [2.05, 4.69) is 5.32 Å². The fourth-order valence-electron chi connectivity index (χ4n) is 2.04. The van der Waals surface area contributed by atoms with Gasteiger partial charge in [-0.05, 0) is 19.1 Å². The van der Waals surface area contributed by atoms with Crippen molar-refractivity contribution in [2.24, 2.45) is 0 Å². The molecule has 9 heteroatoms. The van der Waals surface area contributed by atoms with Crippen LogP contribution in [0.4, 0.5) is 5.69 Å². The van der Waals surface area contributed by atoms with E-state index in [-0.39, 0.29) is 22.5 Å². The fourth-order valence-corrected chi connectivity index (χ4v) is 3.03. The molecule has 1 amide bonds. The molecule has 2 aromatic rings. The Bertz CT molecular complexity index is 862. The molecular formula is C16H12ClNO6S. The molecule has 0 bridgehead atoms. The van der Waals surface area contributed by atoms with E-state index in [1.54, 1.807) is 0 Å². The Hall–Kier alpha value is -2.58. The third-order valence-corrected chi connectivity index (χ3v) is 4.70. The van der Waals surface area contributed by atoms with Crippen LogP contribution >= 0.6 is 22.9 Å². The standard InChI is InChI=1S/C16H12ClNO6S/c1-8(19)13-2-3-14(25-13)16(21)22-6-15(20)18-10-5-12-11(4-9(10)17)23-7-24-12/h2-5H,6-7H2,1H3,(H,18,20). The topological polar surface area (TPSA) is 90.9 Å². The molecule has 0 radical (unpaired) electrons. The van der Waals surface area contributed by atoms with Gasteiger partial charge in [-0.2, -0.15) is 0 Å². The minimum Gasteiger partial charge on any atom is -0.454 e. The summed E-state index contributed by atoms with van der Waals surface area (Å²) in [6.45, 7) is 1.00. The Morgan fingerprint density at radius 2 is 1.88 bits per heavy atom. The smallest absolute Gasteiger partial charge is 0.348 e. The van der Waals surface area contributed by atoms with Crippen LogP contribution in [0.1, 0.15) is 26.3 Å². The van der Waals surface area contributed by atoms with E-state index in [9.17, 15) is 14.4 Å². The minimum atomic E-state index is -0.676. The third kappa shape index (κ3) is 3.92. The normalized spacial score (nSPS) is 11.9. The summed E-state index contributed by atoms with van der Waals surface area (Å²) in [6, 6.07) is 6.08. The van der Waals surface area contributed by atoms with E-state index in [1.807, 2.05) is 0 Å². The number of fused-ring (bicyclic) bond motifs is 1. The van der Waals surface area contributed by atoms with E-state index in [1.165, 1.54) is 31.2 Å². The second-order valence-corrected chi connectivity index (χ2v) is 6.52. The molecule has 2 heterocycles. The van der Waals surface area contributed by atoms with Crippen molar-refractivity contribution in [3.8, 4) is 11.5 Å². The highest BCUT2D eigenvalue weighted by Crippen LogP contribution is 2.39. The van der Waals surface area contributed by atoms with Crippen LogP contribution in [0.25, 0.3) is 0 Å². The van der Waals surface area contributed by atoms with E-state index in [4.69, 9.17) is 25.8 Å². The van der Waals surface area contributed by atoms with Gasteiger partial charge in [0.05, 0.1) is 15.6 Å². The van der Waals surface area contributed by atoms with Crippen LogP contribution < -0.4 is 14.8 Å². The molecule has 1 N–H and O–H groups in total. The molecule has 0 unspecified atom stereocenters. The van der Waals surface area contributed by atoms with E-state index < -0.39 is 18.5 Å². The van der Waals surface area contributed by atoms with Crippen LogP contribution in [0.2, 0.25) is 5.02 Å². The van der Waals surface area contributed by atoms with Crippen molar-refractivity contribution in [2.75, 3.05) is 18.7 Å². The minimum absolute atomic E-state index is 0.0870. The van der Waals surface area contributed by atoms with Gasteiger partial charge in [0.15, 0.2) is 23.9 Å². The number of halogens is 1. The predicted octanol–water partition coefficient (Wildman–Crippen LogP) is 3.13. The number of benzene rings is 1. The number of carbonyl (C=O) groups excluding carboxylic acids is 3. The summed E-state index contributed by atoms with van der Waals surface area (Å²) in [6.07, 6.45) is 0. The number of hydrogen-bond donors (Lipinski definition) is 1. The molecule has 0 spiro atoms. The fraction of sp³-hybridized carbons (Fsp3) is 0.188. The molecular weight excluding hydrogens is 370 g/mol. The second-order valence-electron chi connectivity index (χ2n) is 5.03. The first-order chi connectivity index (χ1) is 11.9. The van der Waals surface area contributed by atoms with Crippen molar-refractivity contribution >= 4 is 46.3 Å². The van der Waals surface area contributed by atoms with Crippen molar-refractivity contribution in [3.63, 3.8) is 0 Å². The number of thiophene rings is 1. The Morgan fingerprint density at radius 1 is 1.20 bits per heavy atom. The zero-order valence-corrected chi connectivity index (χ0v) is 14.5. The van der Waals surface area contributed by atoms with E-state index in [0.29, 0.717) is 22.1 Å². The van der Waals surface area contributed by atoms with Crippen LogP contribution in [0.3, 0.4) is 0 Å². The SMILES string of the molecule is CC(=O)c1ccc(C(=O)OCC(=O)Nc2cc3c(cc2Cl)OCO3)s1. The van der Waals surface area contributed by atoms with Gasteiger partial charge in [-0.25, -0.2) is 4.79 Å². The number of hydrogen-bond acceptors (Lipinski definition) is 7. The Morgan fingerprint density at radius 3 is 2.56 bits per heavy atom. The average molecular weight is 382 g/mol. The highest BCUT2D eigenvalue weighted by molar-refractivity contribution is 7.15. The molecule has 1 aliphatic rings. The lowest BCUT2D eigenvalue weighted by atomic mass is 10.2. The quantitative estimate of drug-likeness (QED) is 0.632. The largest absolute Gasteiger partial charge is 0.454 e.